The Morgan fingerprint density at radius 3 is 2.66 bits per heavy atom. The van der Waals surface area contributed by atoms with Crippen LogP contribution in [-0.4, -0.2) is 78.8 Å². The van der Waals surface area contributed by atoms with E-state index in [2.05, 4.69) is 22.5 Å². The summed E-state index contributed by atoms with van der Waals surface area (Å²) in [4.78, 5) is 7.49. The third-order valence-electron chi connectivity index (χ3n) is 7.90. The molecule has 0 bridgehead atoms. The Balaban J connectivity index is 1.35. The van der Waals surface area contributed by atoms with Crippen molar-refractivity contribution in [3.05, 3.63) is 0 Å². The third kappa shape index (κ3) is 5.29. The predicted octanol–water partition coefficient (Wildman–Crippen LogP) is 1.89. The summed E-state index contributed by atoms with van der Waals surface area (Å²) in [6.45, 7) is 6.56. The average molecular weight is 425 g/mol. The van der Waals surface area contributed by atoms with Gasteiger partial charge in [-0.25, -0.2) is 0 Å². The van der Waals surface area contributed by atoms with Crippen molar-refractivity contribution in [2.75, 3.05) is 32.9 Å². The maximum Gasteiger partial charge on any atom is 0.106 e. The topological polar surface area (TPSA) is 69.1 Å². The van der Waals surface area contributed by atoms with E-state index in [0.717, 1.165) is 51.6 Å². The zero-order valence-electron chi connectivity index (χ0n) is 17.9. The average Bonchev–Trinajstić information content (AvgIpc) is 2.76. The summed E-state index contributed by atoms with van der Waals surface area (Å²) in [5.74, 6) is 1.34. The molecular formula is C22H40N4O2S. The lowest BCUT2D eigenvalue weighted by molar-refractivity contribution is 0.00559. The van der Waals surface area contributed by atoms with Gasteiger partial charge in [0.25, 0.3) is 0 Å². The number of nitrogens with one attached hydrogen (secondary N) is 2. The lowest BCUT2D eigenvalue weighted by atomic mass is 9.71. The van der Waals surface area contributed by atoms with Gasteiger partial charge in [0.05, 0.1) is 19.6 Å². The van der Waals surface area contributed by atoms with Gasteiger partial charge in [0.2, 0.25) is 0 Å². The molecule has 2 saturated carbocycles. The summed E-state index contributed by atoms with van der Waals surface area (Å²) >= 11 is 4.96. The van der Waals surface area contributed by atoms with Gasteiger partial charge in [0.1, 0.15) is 6.17 Å². The number of hydrogen-bond acceptors (Lipinski definition) is 7. The van der Waals surface area contributed by atoms with Gasteiger partial charge in [-0.1, -0.05) is 0 Å². The van der Waals surface area contributed by atoms with Crippen molar-refractivity contribution in [1.29, 1.82) is 0 Å². The standard InChI is InChI=1S/C22H40N4O2S/c1-15-21(19-12-16(13-27)2-7-20(19)29)22(24-14-23-15)25-17-3-5-18(6-4-17)26-8-10-28-11-9-26/h14-22,25,27,29H,2-13H2,1H3,(H,23,24)/t15?,16-,17?,18?,19-,20?,21?,22?/m1/s1. The molecule has 29 heavy (non-hydrogen) atoms. The number of morpholine rings is 1. The monoisotopic (exact) mass is 424 g/mol. The van der Waals surface area contributed by atoms with Gasteiger partial charge in [0.15, 0.2) is 0 Å². The van der Waals surface area contributed by atoms with Crippen LogP contribution in [0.25, 0.3) is 0 Å². The van der Waals surface area contributed by atoms with E-state index < -0.39 is 0 Å². The lowest BCUT2D eigenvalue weighted by Crippen LogP contribution is -2.57. The second-order valence-electron chi connectivity index (χ2n) is 9.67. The summed E-state index contributed by atoms with van der Waals surface area (Å²) < 4.78 is 5.52. The molecule has 0 radical (unpaired) electrons. The number of rotatable bonds is 5. The first-order valence-corrected chi connectivity index (χ1v) is 12.3. The molecule has 166 valence electrons. The fraction of sp³-hybridized carbons (Fsp3) is 0.955. The minimum Gasteiger partial charge on any atom is -0.396 e. The number of aliphatic imine (C=N–C) groups is 1. The Morgan fingerprint density at radius 1 is 1.17 bits per heavy atom. The normalized spacial score (nSPS) is 44.4. The van der Waals surface area contributed by atoms with Crippen molar-refractivity contribution in [2.24, 2.45) is 22.7 Å². The van der Waals surface area contributed by atoms with Crippen LogP contribution in [0.3, 0.4) is 0 Å². The molecule has 0 aromatic heterocycles. The minimum atomic E-state index is 0.160. The number of ether oxygens (including phenoxy) is 1. The number of aliphatic hydroxyl groups excluding tert-OH is 1. The summed E-state index contributed by atoms with van der Waals surface area (Å²) in [5.41, 5.74) is 0. The fourth-order valence-corrected chi connectivity index (χ4v) is 6.61. The molecule has 1 saturated heterocycles. The van der Waals surface area contributed by atoms with Crippen molar-refractivity contribution in [3.8, 4) is 0 Å². The molecule has 0 aromatic carbocycles. The van der Waals surface area contributed by atoms with E-state index in [0.29, 0.717) is 41.7 Å². The van der Waals surface area contributed by atoms with Gasteiger partial charge >= 0.3 is 0 Å². The zero-order valence-corrected chi connectivity index (χ0v) is 18.8. The zero-order chi connectivity index (χ0) is 20.2. The molecule has 6 nitrogen and oxygen atoms in total. The van der Waals surface area contributed by atoms with Crippen LogP contribution in [0.2, 0.25) is 0 Å². The van der Waals surface area contributed by atoms with Gasteiger partial charge in [-0.3, -0.25) is 15.2 Å². The molecule has 0 spiro atoms. The predicted molar refractivity (Wildman–Crippen MR) is 121 cm³/mol. The molecule has 7 heteroatoms. The highest BCUT2D eigenvalue weighted by atomic mass is 32.1. The molecule has 6 atom stereocenters. The maximum absolute atomic E-state index is 9.72. The second kappa shape index (κ2) is 10.3. The van der Waals surface area contributed by atoms with Crippen LogP contribution in [0.1, 0.15) is 51.9 Å². The third-order valence-corrected chi connectivity index (χ3v) is 8.54. The molecule has 2 aliphatic heterocycles. The molecule has 4 rings (SSSR count). The summed E-state index contributed by atoms with van der Waals surface area (Å²) in [6, 6.07) is 1.67. The van der Waals surface area contributed by atoms with Crippen molar-refractivity contribution >= 4 is 19.0 Å². The molecule has 4 unspecified atom stereocenters. The Labute approximate surface area is 181 Å². The Morgan fingerprint density at radius 2 is 1.93 bits per heavy atom. The van der Waals surface area contributed by atoms with Gasteiger partial charge in [-0.05, 0) is 63.7 Å². The molecule has 2 heterocycles. The molecular weight excluding hydrogens is 384 g/mol. The van der Waals surface area contributed by atoms with Gasteiger partial charge in [-0.15, -0.1) is 0 Å². The van der Waals surface area contributed by atoms with Gasteiger partial charge in [0, 0.05) is 49.0 Å². The Hall–Kier alpha value is -0.340. The first kappa shape index (κ1) is 21.9. The van der Waals surface area contributed by atoms with Crippen molar-refractivity contribution in [1.82, 2.24) is 15.5 Å². The second-order valence-corrected chi connectivity index (χ2v) is 10.3. The van der Waals surface area contributed by atoms with Crippen molar-refractivity contribution in [2.45, 2.75) is 81.4 Å². The summed E-state index contributed by atoms with van der Waals surface area (Å²) in [6.07, 6.45) is 10.3. The minimum absolute atomic E-state index is 0.160. The first-order chi connectivity index (χ1) is 14.2. The van der Waals surface area contributed by atoms with E-state index >= 15 is 0 Å². The van der Waals surface area contributed by atoms with E-state index in [-0.39, 0.29) is 6.17 Å². The van der Waals surface area contributed by atoms with Gasteiger partial charge in [-0.2, -0.15) is 12.6 Å². The number of nitrogens with zero attached hydrogens (tertiary/aromatic N) is 2. The Bertz CT molecular complexity index is 537. The van der Waals surface area contributed by atoms with Crippen LogP contribution in [0.5, 0.6) is 0 Å². The molecule has 2 aliphatic carbocycles. The molecule has 3 fully saturated rings. The highest BCUT2D eigenvalue weighted by Crippen LogP contribution is 2.40. The van der Waals surface area contributed by atoms with Crippen molar-refractivity contribution in [3.63, 3.8) is 0 Å². The fourth-order valence-electron chi connectivity index (χ4n) is 6.14. The number of hydrogen-bond donors (Lipinski definition) is 4. The quantitative estimate of drug-likeness (QED) is 0.508. The van der Waals surface area contributed by atoms with Crippen LogP contribution < -0.4 is 10.6 Å². The summed E-state index contributed by atoms with van der Waals surface area (Å²) in [7, 11) is 0. The van der Waals surface area contributed by atoms with Crippen LogP contribution in [0, 0.1) is 17.8 Å². The highest BCUT2D eigenvalue weighted by molar-refractivity contribution is 7.81. The first-order valence-electron chi connectivity index (χ1n) is 11.8. The lowest BCUT2D eigenvalue weighted by Gasteiger charge is -2.46. The van der Waals surface area contributed by atoms with E-state index in [1.807, 2.05) is 6.34 Å². The van der Waals surface area contributed by atoms with Crippen molar-refractivity contribution < 1.29 is 9.84 Å². The molecule has 3 N–H and O–H groups in total. The maximum atomic E-state index is 9.72. The van der Waals surface area contributed by atoms with E-state index in [1.54, 1.807) is 0 Å². The van der Waals surface area contributed by atoms with Crippen LogP contribution in [-0.2, 0) is 4.74 Å². The molecule has 0 amide bonds. The van der Waals surface area contributed by atoms with E-state index in [4.69, 9.17) is 22.4 Å². The Kier molecular flexibility index (Phi) is 7.78. The van der Waals surface area contributed by atoms with Crippen LogP contribution >= 0.6 is 12.6 Å². The van der Waals surface area contributed by atoms with Crippen LogP contribution in [0.15, 0.2) is 4.99 Å². The molecule has 0 aromatic rings. The number of aliphatic hydroxyl groups is 1. The highest BCUT2D eigenvalue weighted by Gasteiger charge is 2.42. The molecule has 4 aliphatic rings. The van der Waals surface area contributed by atoms with Crippen LogP contribution in [0.4, 0.5) is 0 Å². The van der Waals surface area contributed by atoms with E-state index in [9.17, 15) is 5.11 Å². The van der Waals surface area contributed by atoms with E-state index in [1.165, 1.54) is 25.7 Å². The SMILES string of the molecule is CC1NC=NC(NC2CCC(N3CCOCC3)CC2)C1[C@@H]1C[C@H](CO)CCC1S. The van der Waals surface area contributed by atoms with Gasteiger partial charge < -0.3 is 15.2 Å². The smallest absolute Gasteiger partial charge is 0.106 e. The number of thiol groups is 1. The largest absolute Gasteiger partial charge is 0.396 e. The summed E-state index contributed by atoms with van der Waals surface area (Å²) in [5, 5.41) is 17.5.